The van der Waals surface area contributed by atoms with Crippen molar-refractivity contribution in [2.45, 2.75) is 70.6 Å². The van der Waals surface area contributed by atoms with Crippen molar-refractivity contribution in [2.24, 2.45) is 0 Å². The molecule has 0 aliphatic carbocycles. The molecule has 0 radical (unpaired) electrons. The highest BCUT2D eigenvalue weighted by Gasteiger charge is 2.30. The number of aryl methyl sites for hydroxylation is 1. The number of hydrogen-bond donors (Lipinski definition) is 0. The van der Waals surface area contributed by atoms with Gasteiger partial charge in [0.1, 0.15) is 5.75 Å². The zero-order valence-corrected chi connectivity index (χ0v) is 16.9. The van der Waals surface area contributed by atoms with Crippen LogP contribution in [0.25, 0.3) is 0 Å². The maximum atomic E-state index is 5.79. The quantitative estimate of drug-likeness (QED) is 0.604. The Morgan fingerprint density at radius 2 is 1.83 bits per heavy atom. The van der Waals surface area contributed by atoms with Gasteiger partial charge in [0.2, 0.25) is 0 Å². The molecule has 0 N–H and O–H groups in total. The summed E-state index contributed by atoms with van der Waals surface area (Å²) in [6, 6.07) is 12.5. The van der Waals surface area contributed by atoms with Crippen molar-refractivity contribution in [3.63, 3.8) is 0 Å². The standard InChI is InChI=1S/C12H16OS.C7H9N.C2H6/c1-8(2)9-5-6-10-11(7-9)14-12(3,4)13-10;1-2-7-5-3-4-6-8-7;1-2/h5-8H,1-4H3;3-6H,2H2,1H3;1-2H3. The van der Waals surface area contributed by atoms with E-state index in [0.29, 0.717) is 5.92 Å². The second-order valence-corrected chi connectivity index (χ2v) is 7.77. The topological polar surface area (TPSA) is 22.1 Å². The highest BCUT2D eigenvalue weighted by atomic mass is 32.2. The van der Waals surface area contributed by atoms with E-state index in [-0.39, 0.29) is 4.93 Å². The van der Waals surface area contributed by atoms with Crippen LogP contribution in [0.4, 0.5) is 0 Å². The third-order valence-corrected chi connectivity index (χ3v) is 4.55. The van der Waals surface area contributed by atoms with E-state index in [4.69, 9.17) is 4.74 Å². The minimum atomic E-state index is -0.0993. The fraction of sp³-hybridized carbons (Fsp3) is 0.476. The lowest BCUT2D eigenvalue weighted by molar-refractivity contribution is 0.215. The van der Waals surface area contributed by atoms with E-state index in [0.717, 1.165) is 17.9 Å². The average Bonchev–Trinajstić information content (AvgIpc) is 2.90. The van der Waals surface area contributed by atoms with E-state index < -0.39 is 0 Å². The zero-order valence-electron chi connectivity index (χ0n) is 16.1. The second-order valence-electron chi connectivity index (χ2n) is 6.14. The van der Waals surface area contributed by atoms with Gasteiger partial charge in [-0.25, -0.2) is 0 Å². The molecule has 0 fully saturated rings. The third kappa shape index (κ3) is 6.20. The molecule has 0 amide bonds. The van der Waals surface area contributed by atoms with Crippen LogP contribution in [0.5, 0.6) is 5.75 Å². The van der Waals surface area contributed by atoms with Crippen molar-refractivity contribution < 1.29 is 4.74 Å². The number of aromatic nitrogens is 1. The number of hydrogen-bond acceptors (Lipinski definition) is 3. The van der Waals surface area contributed by atoms with Gasteiger partial charge in [0.15, 0.2) is 4.93 Å². The molecule has 24 heavy (non-hydrogen) atoms. The minimum Gasteiger partial charge on any atom is -0.476 e. The van der Waals surface area contributed by atoms with Crippen LogP contribution in [0.15, 0.2) is 47.5 Å². The molecule has 3 heteroatoms. The van der Waals surface area contributed by atoms with Crippen LogP contribution in [0.3, 0.4) is 0 Å². The largest absolute Gasteiger partial charge is 0.476 e. The molecule has 1 aromatic carbocycles. The molecule has 3 rings (SSSR count). The molecule has 0 atom stereocenters. The summed E-state index contributed by atoms with van der Waals surface area (Å²) in [6.45, 7) is 14.7. The van der Waals surface area contributed by atoms with Gasteiger partial charge in [0.25, 0.3) is 0 Å². The molecular formula is C21H31NOS. The van der Waals surface area contributed by atoms with Crippen LogP contribution >= 0.6 is 11.8 Å². The molecule has 1 aliphatic rings. The van der Waals surface area contributed by atoms with E-state index >= 15 is 0 Å². The lowest BCUT2D eigenvalue weighted by Gasteiger charge is -2.15. The summed E-state index contributed by atoms with van der Waals surface area (Å²) in [5.41, 5.74) is 2.55. The summed E-state index contributed by atoms with van der Waals surface area (Å²) in [4.78, 5) is 5.28. The predicted octanol–water partition coefficient (Wildman–Crippen LogP) is 6.70. The molecule has 132 valence electrons. The van der Waals surface area contributed by atoms with Crippen molar-refractivity contribution in [3.05, 3.63) is 53.9 Å². The van der Waals surface area contributed by atoms with Gasteiger partial charge in [0, 0.05) is 11.9 Å². The summed E-state index contributed by atoms with van der Waals surface area (Å²) in [5.74, 6) is 1.62. The van der Waals surface area contributed by atoms with E-state index in [1.807, 2.05) is 38.2 Å². The van der Waals surface area contributed by atoms with Gasteiger partial charge in [-0.1, -0.05) is 58.5 Å². The lowest BCUT2D eigenvalue weighted by Crippen LogP contribution is -2.17. The molecule has 2 nitrogen and oxygen atoms in total. The number of rotatable bonds is 2. The smallest absolute Gasteiger partial charge is 0.153 e. The summed E-state index contributed by atoms with van der Waals surface area (Å²) < 4.78 is 5.79. The van der Waals surface area contributed by atoms with Gasteiger partial charge in [-0.15, -0.1) is 0 Å². The first kappa shape index (κ1) is 20.6. The Morgan fingerprint density at radius 1 is 1.12 bits per heavy atom. The van der Waals surface area contributed by atoms with E-state index in [1.165, 1.54) is 10.5 Å². The monoisotopic (exact) mass is 345 g/mol. The third-order valence-electron chi connectivity index (χ3n) is 3.43. The molecule has 0 saturated carbocycles. The molecule has 2 heterocycles. The maximum Gasteiger partial charge on any atom is 0.153 e. The number of nitrogens with zero attached hydrogens (tertiary/aromatic N) is 1. The molecule has 0 bridgehead atoms. The molecule has 2 aromatic rings. The van der Waals surface area contributed by atoms with Gasteiger partial charge < -0.3 is 4.74 Å². The van der Waals surface area contributed by atoms with Gasteiger partial charge in [-0.3, -0.25) is 4.98 Å². The Balaban J connectivity index is 0.000000245. The zero-order chi connectivity index (χ0) is 18.2. The second kappa shape index (κ2) is 9.73. The summed E-state index contributed by atoms with van der Waals surface area (Å²) in [7, 11) is 0. The SMILES string of the molecule is CC.CC(C)c1ccc2c(c1)SC(C)(C)O2.CCc1ccccn1. The molecule has 0 unspecified atom stereocenters. The average molecular weight is 346 g/mol. The van der Waals surface area contributed by atoms with Crippen LogP contribution in [-0.2, 0) is 6.42 Å². The van der Waals surface area contributed by atoms with Crippen molar-refractivity contribution in [3.8, 4) is 5.75 Å². The Morgan fingerprint density at radius 3 is 2.33 bits per heavy atom. The van der Waals surface area contributed by atoms with E-state index in [2.05, 4.69) is 57.8 Å². The molecule has 1 aliphatic heterocycles. The minimum absolute atomic E-state index is 0.0993. The van der Waals surface area contributed by atoms with Gasteiger partial charge in [0.05, 0.1) is 4.90 Å². The van der Waals surface area contributed by atoms with Crippen LogP contribution in [-0.4, -0.2) is 9.92 Å². The number of ether oxygens (including phenoxy) is 1. The molecule has 0 saturated heterocycles. The first-order valence-electron chi connectivity index (χ1n) is 8.83. The predicted molar refractivity (Wildman–Crippen MR) is 106 cm³/mol. The van der Waals surface area contributed by atoms with Gasteiger partial charge >= 0.3 is 0 Å². The molecular weight excluding hydrogens is 314 g/mol. The summed E-state index contributed by atoms with van der Waals surface area (Å²) in [5, 5.41) is 0. The van der Waals surface area contributed by atoms with E-state index in [9.17, 15) is 0 Å². The van der Waals surface area contributed by atoms with Crippen LogP contribution < -0.4 is 4.74 Å². The summed E-state index contributed by atoms with van der Waals surface area (Å²) in [6.07, 6.45) is 2.85. The fourth-order valence-electron chi connectivity index (χ4n) is 2.21. The fourth-order valence-corrected chi connectivity index (χ4v) is 3.27. The van der Waals surface area contributed by atoms with Gasteiger partial charge in [-0.05, 0) is 56.0 Å². The Hall–Kier alpha value is -1.48. The molecule has 1 aromatic heterocycles. The number of pyridine rings is 1. The maximum absolute atomic E-state index is 5.79. The Kier molecular flexibility index (Phi) is 8.34. The number of fused-ring (bicyclic) bond motifs is 1. The van der Waals surface area contributed by atoms with Crippen molar-refractivity contribution >= 4 is 11.8 Å². The highest BCUT2D eigenvalue weighted by Crippen LogP contribution is 2.47. The van der Waals surface area contributed by atoms with Crippen molar-refractivity contribution in [2.75, 3.05) is 0 Å². The number of thioether (sulfide) groups is 1. The first-order valence-corrected chi connectivity index (χ1v) is 9.65. The van der Waals surface area contributed by atoms with Crippen LogP contribution in [0.1, 0.15) is 65.6 Å². The lowest BCUT2D eigenvalue weighted by atomic mass is 10.0. The van der Waals surface area contributed by atoms with Crippen molar-refractivity contribution in [1.82, 2.24) is 4.98 Å². The Bertz CT molecular complexity index is 608. The van der Waals surface area contributed by atoms with Crippen LogP contribution in [0.2, 0.25) is 0 Å². The number of benzene rings is 1. The Labute approximate surface area is 152 Å². The van der Waals surface area contributed by atoms with E-state index in [1.54, 1.807) is 11.8 Å². The van der Waals surface area contributed by atoms with Crippen LogP contribution in [0, 0.1) is 0 Å². The van der Waals surface area contributed by atoms with Gasteiger partial charge in [-0.2, -0.15) is 0 Å². The normalized spacial score (nSPS) is 13.8. The summed E-state index contributed by atoms with van der Waals surface area (Å²) >= 11 is 1.80. The molecule has 0 spiro atoms. The first-order chi connectivity index (χ1) is 11.4. The van der Waals surface area contributed by atoms with Crippen molar-refractivity contribution in [1.29, 1.82) is 0 Å². The highest BCUT2D eigenvalue weighted by molar-refractivity contribution is 8.00.